The summed E-state index contributed by atoms with van der Waals surface area (Å²) in [5.74, 6) is 1.32. The molecule has 0 unspecified atom stereocenters. The van der Waals surface area contributed by atoms with Crippen molar-refractivity contribution < 1.29 is 19.0 Å². The quantitative estimate of drug-likeness (QED) is 0.317. The van der Waals surface area contributed by atoms with Crippen molar-refractivity contribution in [1.29, 1.82) is 0 Å². The van der Waals surface area contributed by atoms with Crippen LogP contribution in [0.15, 0.2) is 70.7 Å². The number of carbonyl (C=O) groups excluding carboxylic acids is 1. The maximum atomic E-state index is 13.0. The summed E-state index contributed by atoms with van der Waals surface area (Å²) in [6.07, 6.45) is 3.53. The van der Waals surface area contributed by atoms with E-state index in [1.54, 1.807) is 51.4 Å². The molecule has 0 amide bonds. The largest absolute Gasteiger partial charge is 0.493 e. The Kier molecular flexibility index (Phi) is 8.16. The third-order valence-corrected chi connectivity index (χ3v) is 5.74. The van der Waals surface area contributed by atoms with E-state index in [0.29, 0.717) is 34.4 Å². The molecule has 174 valence electrons. The zero-order valence-corrected chi connectivity index (χ0v) is 20.1. The second-order valence-electron chi connectivity index (χ2n) is 7.89. The van der Waals surface area contributed by atoms with E-state index in [2.05, 4.69) is 4.98 Å². The summed E-state index contributed by atoms with van der Waals surface area (Å²) in [6.45, 7) is 5.47. The Morgan fingerprint density at radius 1 is 1.12 bits per heavy atom. The Morgan fingerprint density at radius 2 is 1.88 bits per heavy atom. The first-order chi connectivity index (χ1) is 15.8. The van der Waals surface area contributed by atoms with E-state index >= 15 is 0 Å². The van der Waals surface area contributed by atoms with Crippen LogP contribution in [0.5, 0.6) is 11.5 Å². The average molecular weight is 469 g/mol. The Balaban J connectivity index is 1.77. The van der Waals surface area contributed by atoms with Crippen LogP contribution in [-0.2, 0) is 15.3 Å². The van der Waals surface area contributed by atoms with Gasteiger partial charge in [0, 0.05) is 30.6 Å². The van der Waals surface area contributed by atoms with Crippen LogP contribution in [0, 0.1) is 0 Å². The van der Waals surface area contributed by atoms with Gasteiger partial charge in [-0.05, 0) is 31.5 Å². The first-order valence-electron chi connectivity index (χ1n) is 10.6. The number of methoxy groups -OCH3 is 1. The van der Waals surface area contributed by atoms with Crippen molar-refractivity contribution in [2.45, 2.75) is 43.6 Å². The average Bonchev–Trinajstić information content (AvgIpc) is 2.82. The number of nitrogens with zero attached hydrogens (tertiary/aromatic N) is 2. The van der Waals surface area contributed by atoms with E-state index < -0.39 is 5.60 Å². The molecule has 0 fully saturated rings. The summed E-state index contributed by atoms with van der Waals surface area (Å²) in [7, 11) is 1.53. The van der Waals surface area contributed by atoms with Crippen molar-refractivity contribution >= 4 is 17.7 Å². The van der Waals surface area contributed by atoms with Gasteiger partial charge in [0.15, 0.2) is 16.5 Å². The number of thioether (sulfide) groups is 1. The molecule has 0 spiro atoms. The minimum absolute atomic E-state index is 0.157. The van der Waals surface area contributed by atoms with Crippen molar-refractivity contribution in [1.82, 2.24) is 9.55 Å². The van der Waals surface area contributed by atoms with Crippen LogP contribution >= 0.6 is 11.8 Å². The van der Waals surface area contributed by atoms with Crippen LogP contribution in [0.25, 0.3) is 5.69 Å². The van der Waals surface area contributed by atoms with Crippen LogP contribution < -0.4 is 15.0 Å². The van der Waals surface area contributed by atoms with Crippen molar-refractivity contribution in [3.8, 4) is 17.2 Å². The third-order valence-electron chi connectivity index (χ3n) is 4.71. The number of ether oxygens (including phenoxy) is 3. The van der Waals surface area contributed by atoms with Crippen LogP contribution in [0.3, 0.4) is 0 Å². The van der Waals surface area contributed by atoms with Crippen molar-refractivity contribution in [3.63, 3.8) is 0 Å². The summed E-state index contributed by atoms with van der Waals surface area (Å²) >= 11 is 1.40. The van der Waals surface area contributed by atoms with Gasteiger partial charge in [0.25, 0.3) is 5.56 Å². The van der Waals surface area contributed by atoms with Crippen molar-refractivity contribution in [2.75, 3.05) is 13.7 Å². The topological polar surface area (TPSA) is 79.7 Å². The SMILES string of the molecule is CCC(=O)OC(C)(C)COc1ccc(-n2ccnc(SCc3ccccc3)c2=O)cc1OC. The van der Waals surface area contributed by atoms with Gasteiger partial charge in [-0.15, -0.1) is 0 Å². The number of carbonyl (C=O) groups is 1. The summed E-state index contributed by atoms with van der Waals surface area (Å²) in [5, 5.41) is 0.417. The minimum atomic E-state index is -0.788. The molecule has 1 aromatic heterocycles. The normalized spacial score (nSPS) is 11.2. The fraction of sp³-hybridized carbons (Fsp3) is 0.320. The summed E-state index contributed by atoms with van der Waals surface area (Å²) < 4.78 is 18.3. The lowest BCUT2D eigenvalue weighted by atomic mass is 10.1. The Hall–Kier alpha value is -3.26. The van der Waals surface area contributed by atoms with Gasteiger partial charge in [-0.2, -0.15) is 0 Å². The monoisotopic (exact) mass is 468 g/mol. The van der Waals surface area contributed by atoms with E-state index in [0.717, 1.165) is 5.56 Å². The van der Waals surface area contributed by atoms with Gasteiger partial charge < -0.3 is 14.2 Å². The molecule has 0 saturated carbocycles. The molecule has 7 nitrogen and oxygen atoms in total. The summed E-state index contributed by atoms with van der Waals surface area (Å²) in [5.41, 5.74) is 0.755. The van der Waals surface area contributed by atoms with Crippen LogP contribution in [-0.4, -0.2) is 34.8 Å². The molecule has 8 heteroatoms. The van der Waals surface area contributed by atoms with Crippen LogP contribution in [0.2, 0.25) is 0 Å². The molecule has 0 aliphatic rings. The molecular weight excluding hydrogens is 440 g/mol. The van der Waals surface area contributed by atoms with Crippen molar-refractivity contribution in [3.05, 3.63) is 76.8 Å². The maximum Gasteiger partial charge on any atom is 0.306 e. The standard InChI is InChI=1S/C25H28N2O5S/c1-5-22(28)32-25(2,3)17-31-20-12-11-19(15-21(20)30-4)27-14-13-26-23(24(27)29)33-16-18-9-7-6-8-10-18/h6-15H,5,16-17H2,1-4H3. The van der Waals surface area contributed by atoms with Gasteiger partial charge in [0.2, 0.25) is 0 Å². The summed E-state index contributed by atoms with van der Waals surface area (Å²) in [4.78, 5) is 28.9. The van der Waals surface area contributed by atoms with Crippen molar-refractivity contribution in [2.24, 2.45) is 0 Å². The Bertz CT molecular complexity index is 1150. The highest BCUT2D eigenvalue weighted by Gasteiger charge is 2.24. The van der Waals surface area contributed by atoms with Gasteiger partial charge >= 0.3 is 5.97 Å². The van der Waals surface area contributed by atoms with E-state index in [9.17, 15) is 9.59 Å². The summed E-state index contributed by atoms with van der Waals surface area (Å²) in [6, 6.07) is 15.2. The molecule has 33 heavy (non-hydrogen) atoms. The zero-order valence-electron chi connectivity index (χ0n) is 19.2. The zero-order chi connectivity index (χ0) is 23.8. The highest BCUT2D eigenvalue weighted by atomic mass is 32.2. The molecular formula is C25H28N2O5S. The molecule has 2 aromatic carbocycles. The number of hydrogen-bond acceptors (Lipinski definition) is 7. The predicted molar refractivity (Wildman–Crippen MR) is 128 cm³/mol. The van der Waals surface area contributed by atoms with Gasteiger partial charge in [0.05, 0.1) is 12.8 Å². The first kappa shape index (κ1) is 24.4. The first-order valence-corrected chi connectivity index (χ1v) is 11.6. The second kappa shape index (κ2) is 11.0. The Labute approximate surface area is 197 Å². The number of rotatable bonds is 10. The minimum Gasteiger partial charge on any atom is -0.493 e. The lowest BCUT2D eigenvalue weighted by molar-refractivity contribution is -0.158. The molecule has 0 N–H and O–H groups in total. The number of esters is 1. The molecule has 3 rings (SSSR count). The van der Waals surface area contributed by atoms with Crippen LogP contribution in [0.4, 0.5) is 0 Å². The number of aromatic nitrogens is 2. The molecule has 0 radical (unpaired) electrons. The highest BCUT2D eigenvalue weighted by Crippen LogP contribution is 2.30. The highest BCUT2D eigenvalue weighted by molar-refractivity contribution is 7.98. The van der Waals surface area contributed by atoms with E-state index in [4.69, 9.17) is 14.2 Å². The maximum absolute atomic E-state index is 13.0. The number of benzene rings is 2. The van der Waals surface area contributed by atoms with E-state index in [-0.39, 0.29) is 18.1 Å². The fourth-order valence-electron chi connectivity index (χ4n) is 3.01. The third kappa shape index (κ3) is 6.61. The molecule has 0 aliphatic carbocycles. The lowest BCUT2D eigenvalue weighted by Gasteiger charge is -2.25. The molecule has 0 atom stereocenters. The second-order valence-corrected chi connectivity index (χ2v) is 8.86. The number of hydrogen-bond donors (Lipinski definition) is 0. The van der Waals surface area contributed by atoms with Gasteiger partial charge in [-0.3, -0.25) is 14.2 Å². The Morgan fingerprint density at radius 3 is 2.58 bits per heavy atom. The van der Waals surface area contributed by atoms with Gasteiger partial charge in [0.1, 0.15) is 12.2 Å². The molecule has 1 heterocycles. The van der Waals surface area contributed by atoms with E-state index in [1.807, 2.05) is 30.3 Å². The smallest absolute Gasteiger partial charge is 0.306 e. The van der Waals surface area contributed by atoms with Gasteiger partial charge in [-0.1, -0.05) is 49.0 Å². The molecule has 0 bridgehead atoms. The lowest BCUT2D eigenvalue weighted by Crippen LogP contribution is -2.34. The van der Waals surface area contributed by atoms with Crippen LogP contribution in [0.1, 0.15) is 32.8 Å². The molecule has 0 aliphatic heterocycles. The molecule has 3 aromatic rings. The fourth-order valence-corrected chi connectivity index (χ4v) is 3.86. The molecule has 0 saturated heterocycles. The van der Waals surface area contributed by atoms with Gasteiger partial charge in [-0.25, -0.2) is 4.98 Å². The van der Waals surface area contributed by atoms with E-state index in [1.165, 1.54) is 23.4 Å². The predicted octanol–water partition coefficient (Wildman–Crippen LogP) is 4.64.